The van der Waals surface area contributed by atoms with Crippen molar-refractivity contribution >= 4 is 16.3 Å². The number of fused-ring (bicyclic) bond motifs is 1. The molecule has 5 nitrogen and oxygen atoms in total. The summed E-state index contributed by atoms with van der Waals surface area (Å²) in [7, 11) is 3.68. The van der Waals surface area contributed by atoms with Gasteiger partial charge in [-0.2, -0.15) is 0 Å². The van der Waals surface area contributed by atoms with Gasteiger partial charge in [0.25, 0.3) is 5.56 Å². The van der Waals surface area contributed by atoms with Crippen molar-refractivity contribution in [2.24, 2.45) is 0 Å². The van der Waals surface area contributed by atoms with Gasteiger partial charge in [-0.3, -0.25) is 14.1 Å². The summed E-state index contributed by atoms with van der Waals surface area (Å²) < 4.78 is 6.82. The number of methoxy groups -OCH3 is 1. The summed E-state index contributed by atoms with van der Waals surface area (Å²) in [5.74, 6) is 0.851. The standard InChI is InChI=1S/C17H19N3O2S/c1-12-11-23-17-18-14(8-16(21)20(12)17)10-19(2)9-13-4-6-15(22-3)7-5-13/h4-8,11H,9-10H2,1-3H3. The van der Waals surface area contributed by atoms with Crippen LogP contribution < -0.4 is 10.3 Å². The second kappa shape index (κ2) is 6.52. The van der Waals surface area contributed by atoms with Crippen molar-refractivity contribution in [2.45, 2.75) is 20.0 Å². The molecule has 0 aliphatic carbocycles. The van der Waals surface area contributed by atoms with Gasteiger partial charge in [-0.15, -0.1) is 11.3 Å². The number of hydrogen-bond acceptors (Lipinski definition) is 5. The third kappa shape index (κ3) is 3.43. The van der Waals surface area contributed by atoms with Crippen LogP contribution in [0.4, 0.5) is 0 Å². The lowest BCUT2D eigenvalue weighted by molar-refractivity contribution is 0.315. The Labute approximate surface area is 138 Å². The maximum Gasteiger partial charge on any atom is 0.259 e. The summed E-state index contributed by atoms with van der Waals surface area (Å²) in [5, 5.41) is 1.95. The average molecular weight is 329 g/mol. The normalized spacial score (nSPS) is 11.3. The van der Waals surface area contributed by atoms with Crippen molar-refractivity contribution in [1.29, 1.82) is 0 Å². The predicted octanol–water partition coefficient (Wildman–Crippen LogP) is 2.71. The molecule has 0 radical (unpaired) electrons. The summed E-state index contributed by atoms with van der Waals surface area (Å²) in [4.78, 5) is 19.7. The number of aryl methyl sites for hydroxylation is 1. The van der Waals surface area contributed by atoms with E-state index in [1.807, 2.05) is 43.6 Å². The zero-order chi connectivity index (χ0) is 16.4. The number of benzene rings is 1. The zero-order valence-electron chi connectivity index (χ0n) is 13.4. The first-order valence-electron chi connectivity index (χ1n) is 7.35. The quantitative estimate of drug-likeness (QED) is 0.722. The number of hydrogen-bond donors (Lipinski definition) is 0. The van der Waals surface area contributed by atoms with Gasteiger partial charge in [-0.25, -0.2) is 4.98 Å². The minimum atomic E-state index is -0.0124. The van der Waals surface area contributed by atoms with Crippen LogP contribution in [-0.4, -0.2) is 28.4 Å². The molecule has 0 amide bonds. The topological polar surface area (TPSA) is 46.8 Å². The van der Waals surface area contributed by atoms with Crippen LogP contribution >= 0.6 is 11.3 Å². The zero-order valence-corrected chi connectivity index (χ0v) is 14.3. The largest absolute Gasteiger partial charge is 0.497 e. The molecular weight excluding hydrogens is 310 g/mol. The highest BCUT2D eigenvalue weighted by atomic mass is 32.1. The molecule has 0 saturated carbocycles. The molecule has 0 aliphatic heterocycles. The van der Waals surface area contributed by atoms with Crippen molar-refractivity contribution in [3.63, 3.8) is 0 Å². The van der Waals surface area contributed by atoms with E-state index in [1.54, 1.807) is 17.6 Å². The molecule has 0 atom stereocenters. The highest BCUT2D eigenvalue weighted by Crippen LogP contribution is 2.15. The number of nitrogens with zero attached hydrogens (tertiary/aromatic N) is 3. The van der Waals surface area contributed by atoms with Crippen molar-refractivity contribution < 1.29 is 4.74 Å². The highest BCUT2D eigenvalue weighted by molar-refractivity contribution is 7.15. The molecular formula is C17H19N3O2S. The Kier molecular flexibility index (Phi) is 4.45. The van der Waals surface area contributed by atoms with Crippen molar-refractivity contribution in [2.75, 3.05) is 14.2 Å². The molecule has 2 aromatic heterocycles. The molecule has 0 unspecified atom stereocenters. The van der Waals surface area contributed by atoms with Crippen LogP contribution in [0, 0.1) is 6.92 Å². The molecule has 2 heterocycles. The van der Waals surface area contributed by atoms with Crippen molar-refractivity contribution in [3.05, 3.63) is 63.0 Å². The van der Waals surface area contributed by atoms with Gasteiger partial charge < -0.3 is 4.74 Å². The van der Waals surface area contributed by atoms with E-state index >= 15 is 0 Å². The monoisotopic (exact) mass is 329 g/mol. The fraction of sp³-hybridized carbons (Fsp3) is 0.294. The van der Waals surface area contributed by atoms with E-state index in [0.717, 1.165) is 28.6 Å². The fourth-order valence-electron chi connectivity index (χ4n) is 2.56. The average Bonchev–Trinajstić information content (AvgIpc) is 2.89. The first-order valence-corrected chi connectivity index (χ1v) is 8.23. The van der Waals surface area contributed by atoms with Crippen molar-refractivity contribution in [1.82, 2.24) is 14.3 Å². The Morgan fingerprint density at radius 2 is 2.00 bits per heavy atom. The number of thiazole rings is 1. The van der Waals surface area contributed by atoms with Crippen LogP contribution in [0.25, 0.3) is 4.96 Å². The summed E-state index contributed by atoms with van der Waals surface area (Å²) in [6.07, 6.45) is 0. The molecule has 0 aliphatic rings. The smallest absolute Gasteiger partial charge is 0.259 e. The highest BCUT2D eigenvalue weighted by Gasteiger charge is 2.09. The molecule has 120 valence electrons. The minimum Gasteiger partial charge on any atom is -0.497 e. The van der Waals surface area contributed by atoms with Gasteiger partial charge in [0.2, 0.25) is 0 Å². The van der Waals surface area contributed by atoms with Gasteiger partial charge in [-0.05, 0) is 31.7 Å². The maximum atomic E-state index is 12.2. The van der Waals surface area contributed by atoms with Gasteiger partial charge in [0.1, 0.15) is 5.75 Å². The SMILES string of the molecule is COc1ccc(CN(C)Cc2cc(=O)n3c(C)csc3n2)cc1. The lowest BCUT2D eigenvalue weighted by Crippen LogP contribution is -2.21. The van der Waals surface area contributed by atoms with Crippen LogP contribution in [0.3, 0.4) is 0 Å². The van der Waals surface area contributed by atoms with E-state index in [0.29, 0.717) is 6.54 Å². The Hall–Kier alpha value is -2.18. The van der Waals surface area contributed by atoms with E-state index in [4.69, 9.17) is 4.74 Å². The van der Waals surface area contributed by atoms with E-state index in [2.05, 4.69) is 9.88 Å². The third-order valence-corrected chi connectivity index (χ3v) is 4.62. The predicted molar refractivity (Wildman–Crippen MR) is 92.2 cm³/mol. The van der Waals surface area contributed by atoms with Crippen LogP contribution in [0.5, 0.6) is 5.75 Å². The molecule has 6 heteroatoms. The van der Waals surface area contributed by atoms with Crippen LogP contribution in [0.1, 0.15) is 17.0 Å². The van der Waals surface area contributed by atoms with E-state index < -0.39 is 0 Å². The Bertz CT molecular complexity index is 868. The van der Waals surface area contributed by atoms with Crippen molar-refractivity contribution in [3.8, 4) is 5.75 Å². The van der Waals surface area contributed by atoms with Gasteiger partial charge >= 0.3 is 0 Å². The number of aromatic nitrogens is 2. The molecule has 3 rings (SSSR count). The second-order valence-electron chi connectivity index (χ2n) is 5.60. The second-order valence-corrected chi connectivity index (χ2v) is 6.44. The van der Waals surface area contributed by atoms with Gasteiger partial charge in [0.05, 0.1) is 12.8 Å². The van der Waals surface area contributed by atoms with Gasteiger partial charge in [-0.1, -0.05) is 12.1 Å². The molecule has 0 spiro atoms. The molecule has 0 saturated heterocycles. The third-order valence-electron chi connectivity index (χ3n) is 3.67. The summed E-state index contributed by atoms with van der Waals surface area (Å²) in [5.41, 5.74) is 2.91. The molecule has 0 bridgehead atoms. The first-order chi connectivity index (χ1) is 11.1. The summed E-state index contributed by atoms with van der Waals surface area (Å²) >= 11 is 1.50. The summed E-state index contributed by atoms with van der Waals surface area (Å²) in [6, 6.07) is 9.62. The fourth-order valence-corrected chi connectivity index (χ4v) is 3.45. The number of ether oxygens (including phenoxy) is 1. The minimum absolute atomic E-state index is 0.0124. The van der Waals surface area contributed by atoms with Crippen LogP contribution in [-0.2, 0) is 13.1 Å². The Morgan fingerprint density at radius 3 is 2.70 bits per heavy atom. The first kappa shape index (κ1) is 15.7. The summed E-state index contributed by atoms with van der Waals surface area (Å²) in [6.45, 7) is 3.34. The van der Waals surface area contributed by atoms with E-state index in [1.165, 1.54) is 16.9 Å². The lowest BCUT2D eigenvalue weighted by Gasteiger charge is -2.16. The maximum absolute atomic E-state index is 12.2. The molecule has 0 N–H and O–H groups in total. The van der Waals surface area contributed by atoms with Crippen LogP contribution in [0.2, 0.25) is 0 Å². The van der Waals surface area contributed by atoms with E-state index in [-0.39, 0.29) is 5.56 Å². The van der Waals surface area contributed by atoms with Gasteiger partial charge in [0.15, 0.2) is 4.96 Å². The Balaban J connectivity index is 1.74. The lowest BCUT2D eigenvalue weighted by atomic mass is 10.2. The molecule has 0 fully saturated rings. The number of rotatable bonds is 5. The molecule has 23 heavy (non-hydrogen) atoms. The van der Waals surface area contributed by atoms with Gasteiger partial charge in [0, 0.05) is 30.2 Å². The molecule has 1 aromatic carbocycles. The van der Waals surface area contributed by atoms with Crippen LogP contribution in [0.15, 0.2) is 40.5 Å². The van der Waals surface area contributed by atoms with E-state index in [9.17, 15) is 4.79 Å². The molecule has 3 aromatic rings. The Morgan fingerprint density at radius 1 is 1.26 bits per heavy atom.